The van der Waals surface area contributed by atoms with Gasteiger partial charge in [0.25, 0.3) is 5.91 Å². The molecule has 2 heterocycles. The van der Waals surface area contributed by atoms with Crippen LogP contribution in [-0.4, -0.2) is 85.3 Å². The van der Waals surface area contributed by atoms with Gasteiger partial charge in [-0.25, -0.2) is 4.79 Å². The predicted octanol–water partition coefficient (Wildman–Crippen LogP) is 2.47. The molecular weight excluding hydrogens is 542 g/mol. The predicted molar refractivity (Wildman–Crippen MR) is 156 cm³/mol. The number of methoxy groups -OCH3 is 2. The molecule has 11 heteroatoms. The largest absolute Gasteiger partial charge is 0.439 e. The Balaban J connectivity index is 2.07. The molecule has 1 aliphatic carbocycles. The van der Waals surface area contributed by atoms with Crippen molar-refractivity contribution >= 4 is 23.6 Å². The minimum atomic E-state index is -0.991. The minimum Gasteiger partial charge on any atom is -0.439 e. The fraction of sp³-hybridized carbons (Fsp3) is 0.548. The molecule has 6 atom stereocenters. The molecule has 2 aliphatic heterocycles. The first-order valence-electron chi connectivity index (χ1n) is 14.2. The Hall–Kier alpha value is -3.54. The lowest BCUT2D eigenvalue weighted by atomic mass is 9.84. The average Bonchev–Trinajstić information content (AvgIpc) is 2.90. The zero-order valence-corrected chi connectivity index (χ0v) is 25.2. The summed E-state index contributed by atoms with van der Waals surface area (Å²) in [7, 11) is 2.95. The highest BCUT2D eigenvalue weighted by atomic mass is 16.6. The Morgan fingerprint density at radius 1 is 1.12 bits per heavy atom. The van der Waals surface area contributed by atoms with Crippen LogP contribution in [0.1, 0.15) is 47.0 Å². The molecule has 0 aromatic heterocycles. The zero-order valence-electron chi connectivity index (χ0n) is 25.2. The summed E-state index contributed by atoms with van der Waals surface area (Å²) < 4.78 is 16.6. The number of ketones is 2. The average molecular weight is 586 g/mol. The second-order valence-electron chi connectivity index (χ2n) is 11.2. The SMILES string of the molecule is COC1/C=C\C=C(/C)C(=O)NC2=CC(=O)C(N3CCC3)=C(C[C@@H](C)CC(OC)[C@H](O)[C@@H](C)/C=C(\C)C1OC(N)=O)C2=O. The third-order valence-electron chi connectivity index (χ3n) is 7.94. The first kappa shape index (κ1) is 33.0. The van der Waals surface area contributed by atoms with Gasteiger partial charge in [-0.15, -0.1) is 0 Å². The molecule has 0 aromatic rings. The van der Waals surface area contributed by atoms with E-state index in [1.54, 1.807) is 32.1 Å². The van der Waals surface area contributed by atoms with E-state index in [0.717, 1.165) is 6.42 Å². The first-order chi connectivity index (χ1) is 19.9. The molecule has 0 aromatic carbocycles. The number of carbonyl (C=O) groups excluding carboxylic acids is 4. The Morgan fingerprint density at radius 3 is 2.38 bits per heavy atom. The van der Waals surface area contributed by atoms with Crippen LogP contribution in [0.4, 0.5) is 4.79 Å². The van der Waals surface area contributed by atoms with E-state index in [-0.39, 0.29) is 29.4 Å². The number of primary amides is 1. The summed E-state index contributed by atoms with van der Waals surface area (Å²) in [6.07, 6.45) is 5.06. The fourth-order valence-electron chi connectivity index (χ4n) is 5.46. The van der Waals surface area contributed by atoms with E-state index < -0.39 is 48.1 Å². The van der Waals surface area contributed by atoms with Crippen molar-refractivity contribution in [2.75, 3.05) is 27.3 Å². The molecule has 2 amide bonds. The number of ether oxygens (including phenoxy) is 3. The van der Waals surface area contributed by atoms with Crippen LogP contribution in [-0.2, 0) is 28.6 Å². The van der Waals surface area contributed by atoms with Gasteiger partial charge in [0.1, 0.15) is 6.10 Å². The van der Waals surface area contributed by atoms with Crippen molar-refractivity contribution in [1.82, 2.24) is 10.2 Å². The normalized spacial score (nSPS) is 33.5. The van der Waals surface area contributed by atoms with Gasteiger partial charge in [0.2, 0.25) is 11.6 Å². The van der Waals surface area contributed by atoms with Crippen molar-refractivity contribution in [3.63, 3.8) is 0 Å². The summed E-state index contributed by atoms with van der Waals surface area (Å²) in [4.78, 5) is 53.5. The topological polar surface area (TPSA) is 157 Å². The maximum Gasteiger partial charge on any atom is 0.405 e. The Morgan fingerprint density at radius 2 is 1.81 bits per heavy atom. The standard InChI is InChI=1S/C31H43N3O8/c1-17-13-21-26(34-11-8-12-34)23(35)16-22(28(21)37)33-30(38)18(2)9-7-10-24(40-5)29(42-31(32)39)20(4)15-19(3)27(36)25(14-17)41-6/h7,9-10,15-17,19,24-25,27,29,36H,8,11-14H2,1-6H3,(H2,32,39)(H,33,38)/b10-7-,18-9+,20-15+/t17-,19+,24?,25?,27-,29?/m1/s1. The van der Waals surface area contributed by atoms with Gasteiger partial charge in [-0.3, -0.25) is 14.4 Å². The van der Waals surface area contributed by atoms with Crippen LogP contribution in [0.15, 0.2) is 58.5 Å². The van der Waals surface area contributed by atoms with Crippen molar-refractivity contribution in [3.05, 3.63) is 58.5 Å². The zero-order chi connectivity index (χ0) is 31.1. The van der Waals surface area contributed by atoms with Crippen LogP contribution in [0.5, 0.6) is 0 Å². The van der Waals surface area contributed by atoms with Crippen LogP contribution < -0.4 is 11.1 Å². The number of nitrogens with zero attached hydrogens (tertiary/aromatic N) is 1. The van der Waals surface area contributed by atoms with Crippen molar-refractivity contribution in [2.24, 2.45) is 17.6 Å². The highest BCUT2D eigenvalue weighted by molar-refractivity contribution is 6.23. The Kier molecular flexibility index (Phi) is 11.4. The fourth-order valence-corrected chi connectivity index (χ4v) is 5.46. The van der Waals surface area contributed by atoms with Gasteiger partial charge >= 0.3 is 6.09 Å². The number of aliphatic hydroxyl groups is 1. The molecule has 3 aliphatic rings. The van der Waals surface area contributed by atoms with Gasteiger partial charge in [-0.05, 0) is 44.6 Å². The molecule has 42 heavy (non-hydrogen) atoms. The van der Waals surface area contributed by atoms with E-state index in [4.69, 9.17) is 19.9 Å². The lowest BCUT2D eigenvalue weighted by molar-refractivity contribution is -0.120. The highest BCUT2D eigenvalue weighted by Crippen LogP contribution is 2.32. The molecule has 0 radical (unpaired) electrons. The molecule has 3 unspecified atom stereocenters. The molecular formula is C31H43N3O8. The van der Waals surface area contributed by atoms with Crippen LogP contribution in [0, 0.1) is 11.8 Å². The lowest BCUT2D eigenvalue weighted by Gasteiger charge is -2.37. The maximum atomic E-state index is 13.7. The number of likely N-dealkylation sites (tertiary alicyclic amines) is 1. The Labute approximate surface area is 247 Å². The number of Topliss-reactive ketones (excluding diaryl/α,β-unsaturated/α-hetero) is 1. The van der Waals surface area contributed by atoms with E-state index in [0.29, 0.717) is 36.4 Å². The third-order valence-corrected chi connectivity index (χ3v) is 7.94. The van der Waals surface area contributed by atoms with Crippen molar-refractivity contribution in [3.8, 4) is 0 Å². The van der Waals surface area contributed by atoms with Gasteiger partial charge < -0.3 is 35.3 Å². The quantitative estimate of drug-likeness (QED) is 0.333. The Bertz CT molecular complexity index is 1230. The van der Waals surface area contributed by atoms with Gasteiger partial charge in [0.15, 0.2) is 6.10 Å². The van der Waals surface area contributed by atoms with E-state index >= 15 is 0 Å². The number of nitrogens with one attached hydrogen (secondary N) is 1. The third kappa shape index (κ3) is 7.84. The minimum absolute atomic E-state index is 0.0763. The van der Waals surface area contributed by atoms with E-state index in [1.807, 2.05) is 18.7 Å². The van der Waals surface area contributed by atoms with E-state index in [9.17, 15) is 24.3 Å². The van der Waals surface area contributed by atoms with Gasteiger partial charge in [-0.1, -0.05) is 38.2 Å². The molecule has 0 spiro atoms. The summed E-state index contributed by atoms with van der Waals surface area (Å²) in [5.74, 6) is -1.84. The van der Waals surface area contributed by atoms with Crippen LogP contribution in [0.2, 0.25) is 0 Å². The molecule has 0 saturated carbocycles. The number of allylic oxidation sites excluding steroid dienone is 4. The van der Waals surface area contributed by atoms with Crippen LogP contribution in [0.25, 0.3) is 0 Å². The van der Waals surface area contributed by atoms with E-state index in [2.05, 4.69) is 5.32 Å². The molecule has 3 rings (SSSR count). The summed E-state index contributed by atoms with van der Waals surface area (Å²) in [5.41, 5.74) is 6.88. The summed E-state index contributed by atoms with van der Waals surface area (Å²) in [5, 5.41) is 13.9. The van der Waals surface area contributed by atoms with Crippen LogP contribution >= 0.6 is 0 Å². The lowest BCUT2D eigenvalue weighted by Crippen LogP contribution is -2.43. The maximum absolute atomic E-state index is 13.7. The van der Waals surface area contributed by atoms with Gasteiger partial charge in [0.05, 0.1) is 23.6 Å². The number of rotatable bonds is 4. The van der Waals surface area contributed by atoms with Crippen molar-refractivity contribution < 1.29 is 38.5 Å². The molecule has 2 bridgehead atoms. The number of amides is 2. The monoisotopic (exact) mass is 585 g/mol. The summed E-state index contributed by atoms with van der Waals surface area (Å²) in [6.45, 7) is 8.43. The molecule has 1 saturated heterocycles. The molecule has 230 valence electrons. The van der Waals surface area contributed by atoms with Gasteiger partial charge in [-0.2, -0.15) is 0 Å². The highest BCUT2D eigenvalue weighted by Gasteiger charge is 2.36. The van der Waals surface area contributed by atoms with Crippen molar-refractivity contribution in [1.29, 1.82) is 0 Å². The number of aliphatic hydroxyl groups excluding tert-OH is 1. The first-order valence-corrected chi connectivity index (χ1v) is 14.2. The number of hydrogen-bond donors (Lipinski definition) is 3. The smallest absolute Gasteiger partial charge is 0.405 e. The second kappa shape index (κ2) is 14.6. The molecule has 4 N–H and O–H groups in total. The number of nitrogens with two attached hydrogens (primary N) is 1. The van der Waals surface area contributed by atoms with Crippen molar-refractivity contribution in [2.45, 2.75) is 71.4 Å². The van der Waals surface area contributed by atoms with Crippen LogP contribution in [0.3, 0.4) is 0 Å². The van der Waals surface area contributed by atoms with E-state index in [1.165, 1.54) is 26.4 Å². The number of fused-ring (bicyclic) bond motifs is 2. The molecule has 1 fully saturated rings. The number of carbonyl (C=O) groups is 4. The molecule has 11 nitrogen and oxygen atoms in total. The number of hydrogen-bond acceptors (Lipinski definition) is 9. The summed E-state index contributed by atoms with van der Waals surface area (Å²) >= 11 is 0. The summed E-state index contributed by atoms with van der Waals surface area (Å²) in [6, 6.07) is 0. The van der Waals surface area contributed by atoms with Gasteiger partial charge in [0, 0.05) is 50.4 Å². The second-order valence-corrected chi connectivity index (χ2v) is 11.2.